The summed E-state index contributed by atoms with van der Waals surface area (Å²) in [5, 5.41) is 3.59. The van der Waals surface area contributed by atoms with Gasteiger partial charge >= 0.3 is 0 Å². The van der Waals surface area contributed by atoms with Gasteiger partial charge in [0.05, 0.1) is 6.61 Å². The van der Waals surface area contributed by atoms with E-state index in [1.807, 2.05) is 0 Å². The number of ether oxygens (including phenoxy) is 1. The summed E-state index contributed by atoms with van der Waals surface area (Å²) >= 11 is 0. The predicted molar refractivity (Wildman–Crippen MR) is 90.0 cm³/mol. The minimum Gasteiger partial charge on any atom is -0.383 e. The second-order valence-corrected chi connectivity index (χ2v) is 7.48. The molecule has 2 nitrogen and oxygen atoms in total. The maximum absolute atomic E-state index is 5.14. The molecule has 2 rings (SSSR count). The molecule has 0 aromatic heterocycles. The topological polar surface area (TPSA) is 21.3 Å². The average Bonchev–Trinajstić information content (AvgIpc) is 2.93. The first-order valence-corrected chi connectivity index (χ1v) is 8.29. The number of hydrogen-bond acceptors (Lipinski definition) is 2. The van der Waals surface area contributed by atoms with E-state index in [2.05, 4.69) is 50.4 Å². The summed E-state index contributed by atoms with van der Waals surface area (Å²) in [5.41, 5.74) is 3.51. The minimum absolute atomic E-state index is 0.234. The number of benzene rings is 1. The monoisotopic (exact) mass is 289 g/mol. The highest BCUT2D eigenvalue weighted by Gasteiger charge is 2.35. The number of hydrogen-bond donors (Lipinski definition) is 1. The standard InChI is InChI=1S/C19H31NO/c1-18(2,3)16-7-9-17(10-8-16)19(11-5-6-12-19)15-20-13-14-21-4/h7-10,20H,5-6,11-15H2,1-4H3. The van der Waals surface area contributed by atoms with Crippen molar-refractivity contribution in [2.24, 2.45) is 0 Å². The van der Waals surface area contributed by atoms with Crippen molar-refractivity contribution in [3.05, 3.63) is 35.4 Å². The van der Waals surface area contributed by atoms with Gasteiger partial charge in [-0.3, -0.25) is 0 Å². The van der Waals surface area contributed by atoms with E-state index in [9.17, 15) is 0 Å². The van der Waals surface area contributed by atoms with Gasteiger partial charge in [0.2, 0.25) is 0 Å². The average molecular weight is 289 g/mol. The van der Waals surface area contributed by atoms with E-state index < -0.39 is 0 Å². The van der Waals surface area contributed by atoms with Gasteiger partial charge < -0.3 is 10.1 Å². The first-order chi connectivity index (χ1) is 9.98. The molecule has 1 aliphatic rings. The molecule has 118 valence electrons. The van der Waals surface area contributed by atoms with Crippen LogP contribution in [0.4, 0.5) is 0 Å². The molecule has 1 aromatic rings. The van der Waals surface area contributed by atoms with Crippen LogP contribution in [0.3, 0.4) is 0 Å². The summed E-state index contributed by atoms with van der Waals surface area (Å²) in [5.74, 6) is 0. The Kier molecular flexibility index (Phi) is 5.45. The van der Waals surface area contributed by atoms with Gasteiger partial charge in [0.15, 0.2) is 0 Å². The lowest BCUT2D eigenvalue weighted by atomic mass is 9.77. The molecule has 1 saturated carbocycles. The van der Waals surface area contributed by atoms with E-state index in [1.165, 1.54) is 36.8 Å². The van der Waals surface area contributed by atoms with Crippen LogP contribution in [0.25, 0.3) is 0 Å². The second kappa shape index (κ2) is 6.93. The van der Waals surface area contributed by atoms with E-state index in [0.717, 1.165) is 19.7 Å². The van der Waals surface area contributed by atoms with Crippen molar-refractivity contribution >= 4 is 0 Å². The molecule has 1 aliphatic carbocycles. The third-order valence-corrected chi connectivity index (χ3v) is 4.87. The molecule has 1 N–H and O–H groups in total. The van der Waals surface area contributed by atoms with Crippen LogP contribution in [0.1, 0.15) is 57.6 Å². The third kappa shape index (κ3) is 4.08. The van der Waals surface area contributed by atoms with Crippen molar-refractivity contribution in [1.82, 2.24) is 5.32 Å². The van der Waals surface area contributed by atoms with Crippen LogP contribution in [0.2, 0.25) is 0 Å². The maximum Gasteiger partial charge on any atom is 0.0587 e. The van der Waals surface area contributed by atoms with Crippen LogP contribution in [-0.4, -0.2) is 26.8 Å². The lowest BCUT2D eigenvalue weighted by Gasteiger charge is -2.31. The summed E-state index contributed by atoms with van der Waals surface area (Å²) in [6.45, 7) is 9.64. The predicted octanol–water partition coefficient (Wildman–Crippen LogP) is 4.03. The SMILES string of the molecule is COCCNCC1(c2ccc(C(C)(C)C)cc2)CCCC1. The van der Waals surface area contributed by atoms with Gasteiger partial charge in [-0.25, -0.2) is 0 Å². The zero-order chi connectivity index (χ0) is 15.3. The van der Waals surface area contributed by atoms with E-state index in [1.54, 1.807) is 7.11 Å². The highest BCUT2D eigenvalue weighted by molar-refractivity contribution is 5.33. The van der Waals surface area contributed by atoms with Crippen LogP contribution in [0.15, 0.2) is 24.3 Å². The van der Waals surface area contributed by atoms with E-state index in [-0.39, 0.29) is 5.41 Å². The minimum atomic E-state index is 0.234. The lowest BCUT2D eigenvalue weighted by Crippen LogP contribution is -2.37. The number of methoxy groups -OCH3 is 1. The molecule has 0 heterocycles. The van der Waals surface area contributed by atoms with Gasteiger partial charge in [-0.1, -0.05) is 57.9 Å². The van der Waals surface area contributed by atoms with Gasteiger partial charge in [0.25, 0.3) is 0 Å². The summed E-state index contributed by atoms with van der Waals surface area (Å²) < 4.78 is 5.14. The summed E-state index contributed by atoms with van der Waals surface area (Å²) in [6.07, 6.45) is 5.32. The zero-order valence-electron chi connectivity index (χ0n) is 14.2. The zero-order valence-corrected chi connectivity index (χ0v) is 14.2. The molecule has 21 heavy (non-hydrogen) atoms. The Morgan fingerprint density at radius 1 is 1.10 bits per heavy atom. The first kappa shape index (κ1) is 16.5. The summed E-state index contributed by atoms with van der Waals surface area (Å²) in [4.78, 5) is 0. The molecule has 0 bridgehead atoms. The fourth-order valence-electron chi connectivity index (χ4n) is 3.44. The molecule has 0 saturated heterocycles. The van der Waals surface area contributed by atoms with E-state index in [4.69, 9.17) is 4.74 Å². The highest BCUT2D eigenvalue weighted by Crippen LogP contribution is 2.41. The molecule has 0 atom stereocenters. The van der Waals surface area contributed by atoms with E-state index in [0.29, 0.717) is 5.41 Å². The quantitative estimate of drug-likeness (QED) is 0.798. The Bertz CT molecular complexity index is 424. The number of rotatable bonds is 6. The number of nitrogens with one attached hydrogen (secondary N) is 1. The van der Waals surface area contributed by atoms with Crippen molar-refractivity contribution in [2.75, 3.05) is 26.8 Å². The molecule has 0 radical (unpaired) electrons. The largest absolute Gasteiger partial charge is 0.383 e. The van der Waals surface area contributed by atoms with Crippen LogP contribution in [0, 0.1) is 0 Å². The summed E-state index contributed by atoms with van der Waals surface area (Å²) in [7, 11) is 1.76. The van der Waals surface area contributed by atoms with Gasteiger partial charge in [-0.05, 0) is 29.4 Å². The maximum atomic E-state index is 5.14. The van der Waals surface area contributed by atoms with Crippen LogP contribution in [0.5, 0.6) is 0 Å². The molecular weight excluding hydrogens is 258 g/mol. The van der Waals surface area contributed by atoms with Crippen LogP contribution in [-0.2, 0) is 15.6 Å². The van der Waals surface area contributed by atoms with Crippen LogP contribution >= 0.6 is 0 Å². The molecule has 0 aliphatic heterocycles. The Labute approximate surface area is 130 Å². The Hall–Kier alpha value is -0.860. The van der Waals surface area contributed by atoms with Gasteiger partial charge in [0, 0.05) is 25.6 Å². The molecule has 2 heteroatoms. The smallest absolute Gasteiger partial charge is 0.0587 e. The molecule has 1 aromatic carbocycles. The van der Waals surface area contributed by atoms with Crippen molar-refractivity contribution in [2.45, 2.75) is 57.3 Å². The van der Waals surface area contributed by atoms with Crippen molar-refractivity contribution in [3.63, 3.8) is 0 Å². The third-order valence-electron chi connectivity index (χ3n) is 4.87. The molecule has 0 unspecified atom stereocenters. The van der Waals surface area contributed by atoms with Gasteiger partial charge in [-0.15, -0.1) is 0 Å². The van der Waals surface area contributed by atoms with Crippen molar-refractivity contribution in [1.29, 1.82) is 0 Å². The Morgan fingerprint density at radius 3 is 2.24 bits per heavy atom. The molecule has 0 amide bonds. The van der Waals surface area contributed by atoms with Crippen LogP contribution < -0.4 is 5.32 Å². The Morgan fingerprint density at radius 2 is 1.71 bits per heavy atom. The van der Waals surface area contributed by atoms with E-state index >= 15 is 0 Å². The van der Waals surface area contributed by atoms with Crippen molar-refractivity contribution in [3.8, 4) is 0 Å². The highest BCUT2D eigenvalue weighted by atomic mass is 16.5. The fraction of sp³-hybridized carbons (Fsp3) is 0.684. The molecular formula is C19H31NO. The van der Waals surface area contributed by atoms with Crippen molar-refractivity contribution < 1.29 is 4.74 Å². The first-order valence-electron chi connectivity index (χ1n) is 8.29. The van der Waals surface area contributed by atoms with Gasteiger partial charge in [0.1, 0.15) is 0 Å². The molecule has 0 spiro atoms. The lowest BCUT2D eigenvalue weighted by molar-refractivity contribution is 0.196. The second-order valence-electron chi connectivity index (χ2n) is 7.48. The van der Waals surface area contributed by atoms with Gasteiger partial charge in [-0.2, -0.15) is 0 Å². The summed E-state index contributed by atoms with van der Waals surface area (Å²) in [6, 6.07) is 9.38. The molecule has 1 fully saturated rings. The fourth-order valence-corrected chi connectivity index (χ4v) is 3.44. The normalized spacial score (nSPS) is 18.1. The Balaban J connectivity index is 2.10.